The van der Waals surface area contributed by atoms with Crippen LogP contribution in [0, 0.1) is 20.8 Å². The number of rotatable bonds is 5. The smallest absolute Gasteiger partial charge is 0.313 e. The second kappa shape index (κ2) is 9.86. The van der Waals surface area contributed by atoms with Crippen molar-refractivity contribution < 1.29 is 9.59 Å². The fraction of sp³-hybridized carbons (Fsp3) is 0.440. The Morgan fingerprint density at radius 2 is 1.61 bits per heavy atom. The molecule has 1 aliphatic heterocycles. The second-order valence-electron chi connectivity index (χ2n) is 8.12. The van der Waals surface area contributed by atoms with E-state index >= 15 is 0 Å². The zero-order valence-electron chi connectivity index (χ0n) is 19.4. The molecule has 3 rings (SSSR count). The summed E-state index contributed by atoms with van der Waals surface area (Å²) in [5.41, 5.74) is 6.49. The van der Waals surface area contributed by atoms with Crippen molar-refractivity contribution in [1.82, 2.24) is 4.90 Å². The van der Waals surface area contributed by atoms with Gasteiger partial charge in [0.25, 0.3) is 0 Å². The number of benzene rings is 2. The Kier molecular flexibility index (Phi) is 7.21. The first-order chi connectivity index (χ1) is 14.8. The summed E-state index contributed by atoms with van der Waals surface area (Å²) in [5, 5.41) is 2.81. The summed E-state index contributed by atoms with van der Waals surface area (Å²) < 4.78 is 0. The monoisotopic (exact) mass is 422 g/mol. The molecule has 0 saturated carbocycles. The zero-order valence-corrected chi connectivity index (χ0v) is 19.4. The lowest BCUT2D eigenvalue weighted by Crippen LogP contribution is -2.51. The number of amides is 2. The molecular formula is C25H34N4O2. The van der Waals surface area contributed by atoms with E-state index in [-0.39, 0.29) is 0 Å². The Hall–Kier alpha value is -3.02. The van der Waals surface area contributed by atoms with Gasteiger partial charge in [0.2, 0.25) is 0 Å². The van der Waals surface area contributed by atoms with Gasteiger partial charge in [0, 0.05) is 56.3 Å². The number of nitrogens with one attached hydrogen (secondary N) is 1. The molecule has 2 amide bonds. The maximum atomic E-state index is 12.7. The van der Waals surface area contributed by atoms with Crippen LogP contribution in [0.5, 0.6) is 0 Å². The Morgan fingerprint density at radius 1 is 0.935 bits per heavy atom. The van der Waals surface area contributed by atoms with E-state index in [0.29, 0.717) is 18.8 Å². The third-order valence-corrected chi connectivity index (χ3v) is 6.26. The average molecular weight is 423 g/mol. The van der Waals surface area contributed by atoms with Gasteiger partial charge in [0.15, 0.2) is 0 Å². The quantitative estimate of drug-likeness (QED) is 0.746. The molecule has 1 saturated heterocycles. The molecule has 0 unspecified atom stereocenters. The van der Waals surface area contributed by atoms with E-state index in [0.717, 1.165) is 37.4 Å². The first-order valence-corrected chi connectivity index (χ1v) is 11.1. The van der Waals surface area contributed by atoms with Gasteiger partial charge >= 0.3 is 11.8 Å². The molecule has 6 nitrogen and oxygen atoms in total. The van der Waals surface area contributed by atoms with Crippen molar-refractivity contribution in [3.63, 3.8) is 0 Å². The van der Waals surface area contributed by atoms with Gasteiger partial charge in [-0.2, -0.15) is 0 Å². The van der Waals surface area contributed by atoms with Gasteiger partial charge in [0.05, 0.1) is 0 Å². The van der Waals surface area contributed by atoms with Crippen molar-refractivity contribution in [2.45, 2.75) is 34.6 Å². The molecular weight excluding hydrogens is 388 g/mol. The number of carbonyl (C=O) groups is 2. The van der Waals surface area contributed by atoms with Crippen LogP contribution >= 0.6 is 0 Å². The summed E-state index contributed by atoms with van der Waals surface area (Å²) in [6.45, 7) is 14.8. The lowest BCUT2D eigenvalue weighted by molar-refractivity contribution is -0.143. The molecule has 2 aromatic rings. The zero-order chi connectivity index (χ0) is 22.5. The van der Waals surface area contributed by atoms with Gasteiger partial charge in [0.1, 0.15) is 0 Å². The Bertz CT molecular complexity index is 945. The molecule has 1 aliphatic rings. The summed E-state index contributed by atoms with van der Waals surface area (Å²) in [5.74, 6) is -1.04. The highest BCUT2D eigenvalue weighted by atomic mass is 16.2. The lowest BCUT2D eigenvalue weighted by atomic mass is 10.1. The maximum absolute atomic E-state index is 12.7. The number of piperazine rings is 1. The molecule has 166 valence electrons. The van der Waals surface area contributed by atoms with Crippen LogP contribution in [0.2, 0.25) is 0 Å². The molecule has 0 spiro atoms. The fourth-order valence-electron chi connectivity index (χ4n) is 4.12. The van der Waals surface area contributed by atoms with Gasteiger partial charge in [-0.1, -0.05) is 12.1 Å². The Morgan fingerprint density at radius 3 is 2.23 bits per heavy atom. The maximum Gasteiger partial charge on any atom is 0.313 e. The minimum Gasteiger partial charge on any atom is -0.372 e. The molecule has 1 heterocycles. The molecule has 0 radical (unpaired) electrons. The highest BCUT2D eigenvalue weighted by molar-refractivity contribution is 6.39. The largest absolute Gasteiger partial charge is 0.372 e. The molecule has 0 aromatic heterocycles. The SMILES string of the molecule is CCN(CC)c1ccc(NC(=O)C(=O)N2CCN(c3cccc(C)c3C)CC2)c(C)c1. The summed E-state index contributed by atoms with van der Waals surface area (Å²) in [7, 11) is 0. The van der Waals surface area contributed by atoms with Crippen LogP contribution in [-0.2, 0) is 9.59 Å². The molecule has 31 heavy (non-hydrogen) atoms. The van der Waals surface area contributed by atoms with E-state index in [1.54, 1.807) is 4.90 Å². The standard InChI is InChI=1S/C25H34N4O2/c1-6-27(7-2)21-11-12-22(19(4)17-21)26-24(30)25(31)29-15-13-28(14-16-29)23-10-8-9-18(3)20(23)5/h8-12,17H,6-7,13-16H2,1-5H3,(H,26,30). The number of hydrogen-bond donors (Lipinski definition) is 1. The second-order valence-corrected chi connectivity index (χ2v) is 8.12. The van der Waals surface area contributed by atoms with Gasteiger partial charge in [-0.05, 0) is 75.6 Å². The van der Waals surface area contributed by atoms with Gasteiger partial charge in [-0.15, -0.1) is 0 Å². The predicted molar refractivity (Wildman–Crippen MR) is 128 cm³/mol. The van der Waals surface area contributed by atoms with Gasteiger partial charge in [-0.25, -0.2) is 0 Å². The van der Waals surface area contributed by atoms with Crippen LogP contribution in [0.3, 0.4) is 0 Å². The fourth-order valence-corrected chi connectivity index (χ4v) is 4.12. The molecule has 0 aliphatic carbocycles. The number of nitrogens with zero attached hydrogens (tertiary/aromatic N) is 3. The summed E-state index contributed by atoms with van der Waals surface area (Å²) in [6, 6.07) is 12.2. The normalized spacial score (nSPS) is 13.8. The van der Waals surface area contributed by atoms with Gasteiger partial charge < -0.3 is 20.0 Å². The highest BCUT2D eigenvalue weighted by Crippen LogP contribution is 2.25. The van der Waals surface area contributed by atoms with Crippen molar-refractivity contribution in [2.24, 2.45) is 0 Å². The van der Waals surface area contributed by atoms with Crippen molar-refractivity contribution in [3.8, 4) is 0 Å². The molecule has 1 fully saturated rings. The van der Waals surface area contributed by atoms with E-state index in [1.807, 2.05) is 19.1 Å². The molecule has 2 aromatic carbocycles. The number of anilines is 3. The van der Waals surface area contributed by atoms with E-state index in [2.05, 4.69) is 67.1 Å². The third-order valence-electron chi connectivity index (χ3n) is 6.26. The Balaban J connectivity index is 1.60. The van der Waals surface area contributed by atoms with Crippen molar-refractivity contribution in [3.05, 3.63) is 53.1 Å². The molecule has 0 atom stereocenters. The van der Waals surface area contributed by atoms with E-state index in [1.165, 1.54) is 16.8 Å². The Labute approximate surface area is 185 Å². The number of hydrogen-bond acceptors (Lipinski definition) is 4. The van der Waals surface area contributed by atoms with Crippen molar-refractivity contribution in [1.29, 1.82) is 0 Å². The summed E-state index contributed by atoms with van der Waals surface area (Å²) in [4.78, 5) is 31.5. The van der Waals surface area contributed by atoms with Crippen LogP contribution in [0.15, 0.2) is 36.4 Å². The number of aryl methyl sites for hydroxylation is 2. The van der Waals surface area contributed by atoms with Crippen LogP contribution in [-0.4, -0.2) is 56.0 Å². The van der Waals surface area contributed by atoms with E-state index in [9.17, 15) is 9.59 Å². The molecule has 6 heteroatoms. The van der Waals surface area contributed by atoms with Crippen molar-refractivity contribution >= 4 is 28.9 Å². The lowest BCUT2D eigenvalue weighted by Gasteiger charge is -2.36. The van der Waals surface area contributed by atoms with Crippen LogP contribution < -0.4 is 15.1 Å². The molecule has 1 N–H and O–H groups in total. The summed E-state index contributed by atoms with van der Waals surface area (Å²) >= 11 is 0. The predicted octanol–water partition coefficient (Wildman–Crippen LogP) is 3.75. The van der Waals surface area contributed by atoms with E-state index < -0.39 is 11.8 Å². The van der Waals surface area contributed by atoms with Crippen LogP contribution in [0.4, 0.5) is 17.1 Å². The van der Waals surface area contributed by atoms with Gasteiger partial charge in [-0.3, -0.25) is 9.59 Å². The topological polar surface area (TPSA) is 55.9 Å². The average Bonchev–Trinajstić information content (AvgIpc) is 2.78. The first kappa shape index (κ1) is 22.7. The van der Waals surface area contributed by atoms with Crippen LogP contribution in [0.1, 0.15) is 30.5 Å². The van der Waals surface area contributed by atoms with Crippen molar-refractivity contribution in [2.75, 3.05) is 54.4 Å². The van der Waals surface area contributed by atoms with E-state index in [4.69, 9.17) is 0 Å². The van der Waals surface area contributed by atoms with Crippen LogP contribution in [0.25, 0.3) is 0 Å². The molecule has 0 bridgehead atoms. The highest BCUT2D eigenvalue weighted by Gasteiger charge is 2.27. The first-order valence-electron chi connectivity index (χ1n) is 11.1. The third kappa shape index (κ3) is 5.01. The summed E-state index contributed by atoms with van der Waals surface area (Å²) in [6.07, 6.45) is 0. The minimum atomic E-state index is -0.570. The number of carbonyl (C=O) groups excluding carboxylic acids is 2. The minimum absolute atomic E-state index is 0.465.